The molecule has 4 rings (SSSR count). The van der Waals surface area contributed by atoms with Crippen molar-refractivity contribution < 1.29 is 17.7 Å². The van der Waals surface area contributed by atoms with Crippen molar-refractivity contribution >= 4 is 26.7 Å². The van der Waals surface area contributed by atoms with Crippen LogP contribution in [0.15, 0.2) is 47.4 Å². The lowest BCUT2D eigenvalue weighted by molar-refractivity contribution is -0.904. The average Bonchev–Trinajstić information content (AvgIpc) is 3.02. The number of sulfonamides is 1. The van der Waals surface area contributed by atoms with E-state index < -0.39 is 15.8 Å². The van der Waals surface area contributed by atoms with Crippen LogP contribution in [0, 0.1) is 5.82 Å². The van der Waals surface area contributed by atoms with Crippen LogP contribution in [0.5, 0.6) is 0 Å². The Bertz CT molecular complexity index is 1100. The Hall–Kier alpha value is -2.45. The zero-order valence-electron chi connectivity index (χ0n) is 16.5. The highest BCUT2D eigenvalue weighted by Crippen LogP contribution is 2.22. The predicted octanol–water partition coefficient (Wildman–Crippen LogP) is 2.12. The van der Waals surface area contributed by atoms with E-state index in [1.165, 1.54) is 44.5 Å². The van der Waals surface area contributed by atoms with E-state index in [1.54, 1.807) is 17.0 Å². The highest BCUT2D eigenvalue weighted by atomic mass is 32.2. The molecule has 29 heavy (non-hydrogen) atoms. The number of fused-ring (bicyclic) bond motifs is 1. The summed E-state index contributed by atoms with van der Waals surface area (Å²) in [4.78, 5) is 6.39. The molecular weight excluding hydrogens is 391 g/mol. The first-order valence-corrected chi connectivity index (χ1v) is 11.5. The molecule has 3 aromatic rings. The number of rotatable bonds is 6. The lowest BCUT2D eigenvalue weighted by Crippen LogP contribution is -3.13. The Kier molecular flexibility index (Phi) is 5.56. The van der Waals surface area contributed by atoms with E-state index in [4.69, 9.17) is 4.98 Å². The first-order chi connectivity index (χ1) is 13.9. The third-order valence-electron chi connectivity index (χ3n) is 5.61. The largest absolute Gasteiger partial charge is 0.335 e. The van der Waals surface area contributed by atoms with Gasteiger partial charge in [-0.05, 0) is 61.7 Å². The second-order valence-corrected chi connectivity index (χ2v) is 9.34. The summed E-state index contributed by atoms with van der Waals surface area (Å²) in [6.45, 7) is 3.54. The number of hydrogen-bond donors (Lipinski definition) is 2. The van der Waals surface area contributed by atoms with E-state index in [0.717, 1.165) is 42.0 Å². The first-order valence-electron chi connectivity index (χ1n) is 10.00. The summed E-state index contributed by atoms with van der Waals surface area (Å²) in [6.07, 6.45) is 4.84. The van der Waals surface area contributed by atoms with Gasteiger partial charge in [0, 0.05) is 7.05 Å². The van der Waals surface area contributed by atoms with Gasteiger partial charge in [-0.1, -0.05) is 0 Å². The standard InChI is InChI=1S/C21H25FN4O2S/c1-25-20-10-7-17(24-29(27,28)18-8-5-16(22)6-9-18)15-19(20)23-21(25)11-14-26-12-3-2-4-13-26/h5-10,15,24H,2-4,11-14H2,1H3/p+1. The van der Waals surface area contributed by atoms with Gasteiger partial charge in [0.2, 0.25) is 0 Å². The summed E-state index contributed by atoms with van der Waals surface area (Å²) < 4.78 is 42.8. The first kappa shape index (κ1) is 19.8. The maximum Gasteiger partial charge on any atom is 0.261 e. The van der Waals surface area contributed by atoms with Crippen molar-refractivity contribution in [1.29, 1.82) is 0 Å². The Morgan fingerprint density at radius 2 is 1.83 bits per heavy atom. The number of benzene rings is 2. The van der Waals surface area contributed by atoms with E-state index >= 15 is 0 Å². The smallest absolute Gasteiger partial charge is 0.261 e. The Labute approximate surface area is 170 Å². The molecule has 0 unspecified atom stereocenters. The fourth-order valence-corrected chi connectivity index (χ4v) is 5.00. The summed E-state index contributed by atoms with van der Waals surface area (Å²) >= 11 is 0. The summed E-state index contributed by atoms with van der Waals surface area (Å²) in [6, 6.07) is 10.1. The second-order valence-electron chi connectivity index (χ2n) is 7.66. The molecule has 2 N–H and O–H groups in total. The summed E-state index contributed by atoms with van der Waals surface area (Å²) in [5.41, 5.74) is 2.17. The van der Waals surface area contributed by atoms with E-state index in [0.29, 0.717) is 5.69 Å². The van der Waals surface area contributed by atoms with Crippen LogP contribution in [-0.2, 0) is 23.5 Å². The van der Waals surface area contributed by atoms with Gasteiger partial charge in [-0.15, -0.1) is 0 Å². The van der Waals surface area contributed by atoms with Crippen molar-refractivity contribution in [2.75, 3.05) is 24.4 Å². The van der Waals surface area contributed by atoms with Crippen molar-refractivity contribution in [3.05, 3.63) is 54.1 Å². The molecule has 1 fully saturated rings. The molecule has 0 spiro atoms. The van der Waals surface area contributed by atoms with Crippen molar-refractivity contribution in [1.82, 2.24) is 9.55 Å². The third kappa shape index (κ3) is 4.43. The number of aromatic nitrogens is 2. The van der Waals surface area contributed by atoms with Gasteiger partial charge in [0.25, 0.3) is 10.0 Å². The number of imidazole rings is 1. The molecular formula is C21H26FN4O2S+. The molecule has 2 aromatic carbocycles. The van der Waals surface area contributed by atoms with Gasteiger partial charge >= 0.3 is 0 Å². The molecule has 154 valence electrons. The molecule has 0 atom stereocenters. The fraction of sp³-hybridized carbons (Fsp3) is 0.381. The van der Waals surface area contributed by atoms with E-state index in [-0.39, 0.29) is 4.90 Å². The molecule has 0 saturated carbocycles. The lowest BCUT2D eigenvalue weighted by Gasteiger charge is -2.23. The van der Waals surface area contributed by atoms with Crippen LogP contribution in [0.1, 0.15) is 25.1 Å². The van der Waals surface area contributed by atoms with Crippen molar-refractivity contribution in [2.45, 2.75) is 30.6 Å². The molecule has 8 heteroatoms. The van der Waals surface area contributed by atoms with Gasteiger partial charge in [-0.25, -0.2) is 17.8 Å². The minimum atomic E-state index is -3.78. The number of nitrogens with one attached hydrogen (secondary N) is 2. The van der Waals surface area contributed by atoms with Crippen molar-refractivity contribution in [3.63, 3.8) is 0 Å². The Morgan fingerprint density at radius 1 is 1.10 bits per heavy atom. The molecule has 0 aliphatic carbocycles. The molecule has 2 heterocycles. The third-order valence-corrected chi connectivity index (χ3v) is 7.01. The molecule has 0 amide bonds. The molecule has 1 saturated heterocycles. The molecule has 0 radical (unpaired) electrons. The van der Waals surface area contributed by atoms with Gasteiger partial charge in [-0.3, -0.25) is 4.72 Å². The molecule has 1 aliphatic heterocycles. The number of likely N-dealkylation sites (tertiary alicyclic amines) is 1. The van der Waals surface area contributed by atoms with E-state index in [2.05, 4.69) is 9.29 Å². The van der Waals surface area contributed by atoms with Gasteiger partial charge < -0.3 is 9.47 Å². The van der Waals surface area contributed by atoms with Crippen LogP contribution in [0.3, 0.4) is 0 Å². The molecule has 0 bridgehead atoms. The number of nitrogens with zero attached hydrogens (tertiary/aromatic N) is 2. The number of anilines is 1. The SMILES string of the molecule is Cn1c(CC[NH+]2CCCCC2)nc2cc(NS(=O)(=O)c3ccc(F)cc3)ccc21. The second kappa shape index (κ2) is 8.12. The summed E-state index contributed by atoms with van der Waals surface area (Å²) in [7, 11) is -1.78. The van der Waals surface area contributed by atoms with Crippen LogP contribution in [0.4, 0.5) is 10.1 Å². The van der Waals surface area contributed by atoms with Crippen molar-refractivity contribution in [2.24, 2.45) is 7.05 Å². The maximum atomic E-state index is 13.1. The van der Waals surface area contributed by atoms with Gasteiger partial charge in [-0.2, -0.15) is 0 Å². The lowest BCUT2D eigenvalue weighted by atomic mass is 10.1. The predicted molar refractivity (Wildman–Crippen MR) is 111 cm³/mol. The maximum absolute atomic E-state index is 13.1. The molecule has 6 nitrogen and oxygen atoms in total. The Morgan fingerprint density at radius 3 is 2.55 bits per heavy atom. The molecule has 1 aromatic heterocycles. The number of piperidine rings is 1. The van der Waals surface area contributed by atoms with Crippen LogP contribution in [0.2, 0.25) is 0 Å². The van der Waals surface area contributed by atoms with Crippen LogP contribution >= 0.6 is 0 Å². The Balaban J connectivity index is 1.52. The van der Waals surface area contributed by atoms with Gasteiger partial charge in [0.15, 0.2) is 0 Å². The zero-order valence-corrected chi connectivity index (χ0v) is 17.3. The fourth-order valence-electron chi connectivity index (χ4n) is 3.95. The van der Waals surface area contributed by atoms with Crippen molar-refractivity contribution in [3.8, 4) is 0 Å². The van der Waals surface area contributed by atoms with E-state index in [1.807, 2.05) is 13.1 Å². The number of halogens is 1. The number of aryl methyl sites for hydroxylation is 1. The van der Waals surface area contributed by atoms with E-state index in [9.17, 15) is 12.8 Å². The van der Waals surface area contributed by atoms with Gasteiger partial charge in [0.05, 0.1) is 47.7 Å². The number of quaternary nitrogens is 1. The average molecular weight is 418 g/mol. The topological polar surface area (TPSA) is 68.4 Å². The van der Waals surface area contributed by atoms with Crippen LogP contribution < -0.4 is 9.62 Å². The quantitative estimate of drug-likeness (QED) is 0.646. The zero-order chi connectivity index (χ0) is 20.4. The highest BCUT2D eigenvalue weighted by Gasteiger charge is 2.17. The summed E-state index contributed by atoms with van der Waals surface area (Å²) in [5.74, 6) is 0.536. The number of hydrogen-bond acceptors (Lipinski definition) is 3. The van der Waals surface area contributed by atoms with Crippen LogP contribution in [0.25, 0.3) is 11.0 Å². The summed E-state index contributed by atoms with van der Waals surface area (Å²) in [5, 5.41) is 0. The molecule has 1 aliphatic rings. The van der Waals surface area contributed by atoms with Gasteiger partial charge in [0.1, 0.15) is 11.6 Å². The van der Waals surface area contributed by atoms with Crippen LogP contribution in [-0.4, -0.2) is 37.6 Å². The normalized spacial score (nSPS) is 15.7. The minimum Gasteiger partial charge on any atom is -0.335 e. The monoisotopic (exact) mass is 417 g/mol. The minimum absolute atomic E-state index is 0.0187. The highest BCUT2D eigenvalue weighted by molar-refractivity contribution is 7.92.